The zero-order valence-corrected chi connectivity index (χ0v) is 13.2. The molecule has 0 unspecified atom stereocenters. The highest BCUT2D eigenvalue weighted by Gasteiger charge is 2.13. The van der Waals surface area contributed by atoms with Crippen LogP contribution in [0, 0.1) is 13.8 Å². The molecule has 0 atom stereocenters. The number of hydrogen-bond donors (Lipinski definition) is 1. The highest BCUT2D eigenvalue weighted by molar-refractivity contribution is 5.85. The lowest BCUT2D eigenvalue weighted by Crippen LogP contribution is -1.95. The molecule has 0 amide bonds. The number of ether oxygens (including phenoxy) is 1. The maximum Gasteiger partial charge on any atom is 0.161 e. The maximum absolute atomic E-state index is 9.83. The summed E-state index contributed by atoms with van der Waals surface area (Å²) in [6.07, 6.45) is 0. The second-order valence-electron chi connectivity index (χ2n) is 5.35. The van der Waals surface area contributed by atoms with Gasteiger partial charge in [-0.2, -0.15) is 5.10 Å². The predicted octanol–water partition coefficient (Wildman–Crippen LogP) is 3.36. The monoisotopic (exact) mass is 297 g/mol. The van der Waals surface area contributed by atoms with Crippen LogP contribution in [-0.2, 0) is 7.05 Å². The van der Waals surface area contributed by atoms with Gasteiger partial charge < -0.3 is 9.84 Å². The Labute approximate surface area is 129 Å². The van der Waals surface area contributed by atoms with Crippen molar-refractivity contribution in [3.8, 4) is 22.8 Å². The van der Waals surface area contributed by atoms with Crippen LogP contribution in [0.4, 0.5) is 0 Å². The number of hydrogen-bond acceptors (Lipinski definition) is 4. The lowest BCUT2D eigenvalue weighted by Gasteiger charge is -2.09. The summed E-state index contributed by atoms with van der Waals surface area (Å²) in [6, 6.07) is 7.33. The summed E-state index contributed by atoms with van der Waals surface area (Å²) in [6.45, 7) is 6.44. The number of phenolic OH excluding ortho intramolecular Hbond substituents is 1. The number of benzene rings is 1. The van der Waals surface area contributed by atoms with Crippen LogP contribution in [-0.4, -0.2) is 26.5 Å². The molecule has 0 saturated carbocycles. The van der Waals surface area contributed by atoms with Gasteiger partial charge in [0.1, 0.15) is 0 Å². The van der Waals surface area contributed by atoms with Crippen molar-refractivity contribution in [1.82, 2.24) is 14.8 Å². The van der Waals surface area contributed by atoms with Crippen LogP contribution < -0.4 is 4.74 Å². The quantitative estimate of drug-likeness (QED) is 0.805. The van der Waals surface area contributed by atoms with Gasteiger partial charge in [0, 0.05) is 18.0 Å². The molecule has 0 aliphatic carbocycles. The van der Waals surface area contributed by atoms with E-state index < -0.39 is 0 Å². The molecule has 3 rings (SSSR count). The average molecular weight is 297 g/mol. The fourth-order valence-electron chi connectivity index (χ4n) is 2.75. The van der Waals surface area contributed by atoms with Crippen molar-refractivity contribution in [1.29, 1.82) is 0 Å². The summed E-state index contributed by atoms with van der Waals surface area (Å²) < 4.78 is 7.25. The van der Waals surface area contributed by atoms with Crippen molar-refractivity contribution in [2.24, 2.45) is 7.05 Å². The van der Waals surface area contributed by atoms with Crippen molar-refractivity contribution in [2.45, 2.75) is 20.8 Å². The smallest absolute Gasteiger partial charge is 0.161 e. The van der Waals surface area contributed by atoms with E-state index in [4.69, 9.17) is 9.72 Å². The lowest BCUT2D eigenvalue weighted by molar-refractivity contribution is 0.318. The first kappa shape index (κ1) is 14.4. The molecule has 5 heteroatoms. The number of nitrogens with zero attached hydrogens (tertiary/aromatic N) is 3. The first-order chi connectivity index (χ1) is 10.5. The minimum absolute atomic E-state index is 0.139. The molecule has 0 saturated heterocycles. The van der Waals surface area contributed by atoms with Crippen LogP contribution in [0.5, 0.6) is 11.5 Å². The summed E-state index contributed by atoms with van der Waals surface area (Å²) in [5.41, 5.74) is 4.73. The van der Waals surface area contributed by atoms with Crippen LogP contribution in [0.15, 0.2) is 24.3 Å². The lowest BCUT2D eigenvalue weighted by atomic mass is 10.1. The van der Waals surface area contributed by atoms with Crippen molar-refractivity contribution < 1.29 is 9.84 Å². The van der Waals surface area contributed by atoms with Gasteiger partial charge >= 0.3 is 0 Å². The Morgan fingerprint density at radius 3 is 2.73 bits per heavy atom. The molecule has 5 nitrogen and oxygen atoms in total. The van der Waals surface area contributed by atoms with Gasteiger partial charge in [0.2, 0.25) is 0 Å². The Kier molecular flexibility index (Phi) is 3.48. The Balaban J connectivity index is 2.18. The standard InChI is InChI=1S/C17H19N3O2/c1-5-22-15-9-12(6-7-14(15)21)13-8-10(2)16-11(3)19-20(4)17(16)18-13/h6-9,21H,5H2,1-4H3. The van der Waals surface area contributed by atoms with Crippen LogP contribution in [0.2, 0.25) is 0 Å². The second-order valence-corrected chi connectivity index (χ2v) is 5.35. The van der Waals surface area contributed by atoms with Crippen molar-refractivity contribution >= 4 is 11.0 Å². The molecule has 0 radical (unpaired) electrons. The molecule has 114 valence electrons. The fraction of sp³-hybridized carbons (Fsp3) is 0.294. The largest absolute Gasteiger partial charge is 0.504 e. The molecular formula is C17H19N3O2. The van der Waals surface area contributed by atoms with E-state index >= 15 is 0 Å². The van der Waals surface area contributed by atoms with Gasteiger partial charge in [0.15, 0.2) is 17.1 Å². The second kappa shape index (κ2) is 5.33. The highest BCUT2D eigenvalue weighted by atomic mass is 16.5. The number of fused-ring (bicyclic) bond motifs is 1. The van der Waals surface area contributed by atoms with E-state index in [1.54, 1.807) is 10.7 Å². The van der Waals surface area contributed by atoms with Crippen molar-refractivity contribution in [3.05, 3.63) is 35.5 Å². The Morgan fingerprint density at radius 1 is 1.23 bits per heavy atom. The van der Waals surface area contributed by atoms with Gasteiger partial charge in [0.25, 0.3) is 0 Å². The molecule has 3 aromatic rings. The van der Waals surface area contributed by atoms with E-state index in [1.807, 2.05) is 39.1 Å². The van der Waals surface area contributed by atoms with E-state index in [1.165, 1.54) is 0 Å². The molecule has 22 heavy (non-hydrogen) atoms. The van der Waals surface area contributed by atoms with Crippen LogP contribution in [0.3, 0.4) is 0 Å². The van der Waals surface area contributed by atoms with E-state index in [9.17, 15) is 5.11 Å². The molecule has 2 aromatic heterocycles. The van der Waals surface area contributed by atoms with Gasteiger partial charge in [-0.1, -0.05) is 0 Å². The highest BCUT2D eigenvalue weighted by Crippen LogP contribution is 2.32. The SMILES string of the molecule is CCOc1cc(-c2cc(C)c3c(C)nn(C)c3n2)ccc1O. The first-order valence-electron chi connectivity index (χ1n) is 7.28. The summed E-state index contributed by atoms with van der Waals surface area (Å²) in [5.74, 6) is 0.612. The molecule has 1 aromatic carbocycles. The van der Waals surface area contributed by atoms with Crippen LogP contribution in [0.1, 0.15) is 18.2 Å². The number of aromatic hydroxyl groups is 1. The minimum atomic E-state index is 0.139. The van der Waals surface area contributed by atoms with Crippen LogP contribution >= 0.6 is 0 Å². The molecule has 0 aliphatic rings. The molecule has 2 heterocycles. The van der Waals surface area contributed by atoms with Crippen LogP contribution in [0.25, 0.3) is 22.3 Å². The zero-order valence-electron chi connectivity index (χ0n) is 13.2. The third-order valence-corrected chi connectivity index (χ3v) is 3.72. The van der Waals surface area contributed by atoms with Gasteiger partial charge in [-0.05, 0) is 50.6 Å². The first-order valence-corrected chi connectivity index (χ1v) is 7.28. The van der Waals surface area contributed by atoms with Gasteiger partial charge in [-0.25, -0.2) is 4.98 Å². The predicted molar refractivity (Wildman–Crippen MR) is 86.3 cm³/mol. The Bertz CT molecular complexity index is 853. The molecular weight excluding hydrogens is 278 g/mol. The molecule has 0 bridgehead atoms. The number of phenols is 1. The van der Waals surface area contributed by atoms with Crippen molar-refractivity contribution in [3.63, 3.8) is 0 Å². The molecule has 0 aliphatic heterocycles. The Hall–Kier alpha value is -2.56. The number of aromatic nitrogens is 3. The summed E-state index contributed by atoms with van der Waals surface area (Å²) in [5, 5.41) is 15.4. The topological polar surface area (TPSA) is 60.2 Å². The fourth-order valence-corrected chi connectivity index (χ4v) is 2.75. The third-order valence-electron chi connectivity index (χ3n) is 3.72. The number of aryl methyl sites for hydroxylation is 3. The zero-order chi connectivity index (χ0) is 15.9. The number of pyridine rings is 1. The summed E-state index contributed by atoms with van der Waals surface area (Å²) in [4.78, 5) is 4.72. The van der Waals surface area contributed by atoms with Gasteiger partial charge in [-0.15, -0.1) is 0 Å². The maximum atomic E-state index is 9.83. The van der Waals surface area contributed by atoms with Gasteiger partial charge in [0.05, 0.1) is 18.0 Å². The van der Waals surface area contributed by atoms with Gasteiger partial charge in [-0.3, -0.25) is 4.68 Å². The molecule has 0 fully saturated rings. The average Bonchev–Trinajstić information content (AvgIpc) is 2.77. The van der Waals surface area contributed by atoms with E-state index in [0.29, 0.717) is 12.4 Å². The van der Waals surface area contributed by atoms with Crippen molar-refractivity contribution in [2.75, 3.05) is 6.61 Å². The summed E-state index contributed by atoms with van der Waals surface area (Å²) in [7, 11) is 1.90. The molecule has 1 N–H and O–H groups in total. The van der Waals surface area contributed by atoms with E-state index in [-0.39, 0.29) is 5.75 Å². The minimum Gasteiger partial charge on any atom is -0.504 e. The normalized spacial score (nSPS) is 11.1. The van der Waals surface area contributed by atoms with E-state index in [0.717, 1.165) is 33.5 Å². The Morgan fingerprint density at radius 2 is 2.00 bits per heavy atom. The molecule has 0 spiro atoms. The van der Waals surface area contributed by atoms with E-state index in [2.05, 4.69) is 12.0 Å². The number of rotatable bonds is 3. The third kappa shape index (κ3) is 2.28. The summed E-state index contributed by atoms with van der Waals surface area (Å²) >= 11 is 0.